The first-order chi connectivity index (χ1) is 20.8. The quantitative estimate of drug-likeness (QED) is 0.338. The van der Waals surface area contributed by atoms with E-state index in [0.717, 1.165) is 31.0 Å². The van der Waals surface area contributed by atoms with Crippen molar-refractivity contribution in [1.82, 2.24) is 19.7 Å². The molecule has 1 aliphatic rings. The van der Waals surface area contributed by atoms with Gasteiger partial charge in [0.15, 0.2) is 12.2 Å². The first-order valence-corrected chi connectivity index (χ1v) is 14.5. The number of nitrogens with one attached hydrogen (secondary N) is 2. The summed E-state index contributed by atoms with van der Waals surface area (Å²) in [6.45, 7) is 4.51. The number of carbonyl (C=O) groups excluding carboxylic acids is 2. The number of amides is 2. The van der Waals surface area contributed by atoms with Crippen LogP contribution in [-0.4, -0.2) is 71.9 Å². The zero-order valence-corrected chi connectivity index (χ0v) is 24.4. The van der Waals surface area contributed by atoms with Crippen LogP contribution >= 0.6 is 11.3 Å². The lowest BCUT2D eigenvalue weighted by atomic mass is 10.2. The molecule has 226 valence electrons. The third-order valence-corrected chi connectivity index (χ3v) is 7.86. The Bertz CT molecular complexity index is 1640. The first kappa shape index (κ1) is 31.4. The molecule has 2 aromatic carbocycles. The van der Waals surface area contributed by atoms with Crippen LogP contribution < -0.4 is 30.1 Å². The summed E-state index contributed by atoms with van der Waals surface area (Å²) in [5.74, 6) is -0.611. The molecule has 1 aliphatic heterocycles. The van der Waals surface area contributed by atoms with Crippen LogP contribution in [0.3, 0.4) is 0 Å². The highest BCUT2D eigenvalue weighted by molar-refractivity contribution is 7.07. The molecule has 4 rings (SSSR count). The molecule has 0 radical (unpaired) electrons. The highest BCUT2D eigenvalue weighted by Gasteiger charge is 2.21. The lowest BCUT2D eigenvalue weighted by Gasteiger charge is -2.34. The molecule has 2 heterocycles. The van der Waals surface area contributed by atoms with Crippen molar-refractivity contribution in [3.63, 3.8) is 0 Å². The largest absolute Gasteiger partial charge is 0.484 e. The summed E-state index contributed by atoms with van der Waals surface area (Å²) in [5.41, 5.74) is 0.969. The minimum atomic E-state index is -2.77. The number of halogens is 2. The van der Waals surface area contributed by atoms with Gasteiger partial charge < -0.3 is 20.3 Å². The SMILES string of the molecule is CCn1c(=O)/c(=C\Nc2cccc(OCC(=O)N3CCN(Cc4ccccc4)CC3)c2)s/c1=C(/C#N)C(=O)NCC(F)F. The van der Waals surface area contributed by atoms with Gasteiger partial charge in [0.2, 0.25) is 0 Å². The van der Waals surface area contributed by atoms with E-state index in [4.69, 9.17) is 4.74 Å². The van der Waals surface area contributed by atoms with Crippen LogP contribution in [0.5, 0.6) is 5.75 Å². The molecule has 10 nitrogen and oxygen atoms in total. The molecular formula is C30H32F2N6O4S. The van der Waals surface area contributed by atoms with Crippen molar-refractivity contribution in [1.29, 1.82) is 5.26 Å². The van der Waals surface area contributed by atoms with Crippen molar-refractivity contribution in [3.8, 4) is 11.8 Å². The second-order valence-corrected chi connectivity index (χ2v) is 10.7. The Morgan fingerprint density at radius 2 is 1.86 bits per heavy atom. The predicted octanol–water partition coefficient (Wildman–Crippen LogP) is 1.56. The smallest absolute Gasteiger partial charge is 0.270 e. The maximum atomic E-state index is 12.9. The molecule has 43 heavy (non-hydrogen) atoms. The second kappa shape index (κ2) is 15.1. The molecule has 0 atom stereocenters. The number of piperazine rings is 1. The molecule has 0 spiro atoms. The Labute approximate surface area is 251 Å². The number of alkyl halides is 2. The summed E-state index contributed by atoms with van der Waals surface area (Å²) in [4.78, 5) is 42.1. The predicted molar refractivity (Wildman–Crippen MR) is 160 cm³/mol. The number of hydrogen-bond acceptors (Lipinski definition) is 8. The summed E-state index contributed by atoms with van der Waals surface area (Å²) >= 11 is 0.899. The highest BCUT2D eigenvalue weighted by atomic mass is 32.1. The molecule has 1 aromatic heterocycles. The van der Waals surface area contributed by atoms with Crippen molar-refractivity contribution in [2.45, 2.75) is 26.4 Å². The fourth-order valence-electron chi connectivity index (χ4n) is 4.50. The molecule has 0 saturated carbocycles. The molecular weight excluding hydrogens is 578 g/mol. The molecule has 3 aromatic rings. The molecule has 2 N–H and O–H groups in total. The van der Waals surface area contributed by atoms with Crippen LogP contribution in [-0.2, 0) is 22.7 Å². The maximum Gasteiger partial charge on any atom is 0.270 e. The van der Waals surface area contributed by atoms with Gasteiger partial charge in [-0.15, -0.1) is 11.3 Å². The van der Waals surface area contributed by atoms with Gasteiger partial charge in [-0.3, -0.25) is 23.9 Å². The van der Waals surface area contributed by atoms with Crippen molar-refractivity contribution in [2.24, 2.45) is 0 Å². The van der Waals surface area contributed by atoms with Crippen molar-refractivity contribution in [3.05, 3.63) is 79.7 Å². The van der Waals surface area contributed by atoms with E-state index in [9.17, 15) is 28.4 Å². The number of aromatic nitrogens is 1. The Balaban J connectivity index is 1.37. The third kappa shape index (κ3) is 8.50. The molecule has 1 saturated heterocycles. The van der Waals surface area contributed by atoms with Gasteiger partial charge in [-0.05, 0) is 24.6 Å². The van der Waals surface area contributed by atoms with Crippen molar-refractivity contribution < 1.29 is 23.1 Å². The molecule has 0 aliphatic carbocycles. The molecule has 1 fully saturated rings. The van der Waals surface area contributed by atoms with Gasteiger partial charge in [0.25, 0.3) is 23.8 Å². The van der Waals surface area contributed by atoms with Gasteiger partial charge in [-0.2, -0.15) is 5.26 Å². The van der Waals surface area contributed by atoms with E-state index in [2.05, 4.69) is 22.3 Å². The van der Waals surface area contributed by atoms with E-state index in [1.165, 1.54) is 16.3 Å². The summed E-state index contributed by atoms with van der Waals surface area (Å²) < 4.78 is 32.3. The van der Waals surface area contributed by atoms with Crippen LogP contribution in [0, 0.1) is 11.3 Å². The number of anilines is 1. The van der Waals surface area contributed by atoms with Crippen molar-refractivity contribution in [2.75, 3.05) is 44.6 Å². The van der Waals surface area contributed by atoms with Gasteiger partial charge in [-0.25, -0.2) is 8.78 Å². The van der Waals surface area contributed by atoms with E-state index < -0.39 is 30.0 Å². The third-order valence-electron chi connectivity index (χ3n) is 6.73. The van der Waals surface area contributed by atoms with Crippen LogP contribution in [0.1, 0.15) is 12.5 Å². The van der Waals surface area contributed by atoms with Crippen LogP contribution in [0.25, 0.3) is 11.8 Å². The average molecular weight is 611 g/mol. The number of thiazole rings is 1. The topological polar surface area (TPSA) is 120 Å². The normalized spacial score (nSPS) is 14.8. The Morgan fingerprint density at radius 3 is 2.53 bits per heavy atom. The lowest BCUT2D eigenvalue weighted by molar-refractivity contribution is -0.135. The zero-order valence-electron chi connectivity index (χ0n) is 23.6. The maximum absolute atomic E-state index is 12.9. The van der Waals surface area contributed by atoms with Gasteiger partial charge >= 0.3 is 0 Å². The van der Waals surface area contributed by atoms with Crippen LogP contribution in [0.4, 0.5) is 14.5 Å². The van der Waals surface area contributed by atoms with Gasteiger partial charge in [0.1, 0.15) is 21.0 Å². The van der Waals surface area contributed by atoms with E-state index in [0.29, 0.717) is 24.5 Å². The number of benzene rings is 2. The molecule has 2 amide bonds. The van der Waals surface area contributed by atoms with Gasteiger partial charge in [0, 0.05) is 57.2 Å². The standard InChI is InChI=1S/C30H32F2N6O4S/c1-2-38-29(41)25(43-30(38)24(16-33)28(40)35-18-26(31)32)17-34-22-9-6-10-23(15-22)42-20-27(39)37-13-11-36(12-14-37)19-21-7-4-3-5-8-21/h3-10,15,17,26,34H,2,11-14,18-20H2,1H3,(H,35,40)/b25-17+,30-24-. The van der Waals surface area contributed by atoms with Crippen LogP contribution in [0.15, 0.2) is 59.4 Å². The second-order valence-electron chi connectivity index (χ2n) is 9.66. The van der Waals surface area contributed by atoms with Gasteiger partial charge in [0.05, 0.1) is 6.54 Å². The monoisotopic (exact) mass is 610 g/mol. The average Bonchev–Trinajstić information content (AvgIpc) is 3.33. The van der Waals surface area contributed by atoms with E-state index in [-0.39, 0.29) is 28.3 Å². The number of rotatable bonds is 11. The molecule has 13 heteroatoms. The number of nitriles is 1. The summed E-state index contributed by atoms with van der Waals surface area (Å²) in [5, 5.41) is 14.5. The zero-order chi connectivity index (χ0) is 30.8. The fraction of sp³-hybridized carbons (Fsp3) is 0.333. The summed E-state index contributed by atoms with van der Waals surface area (Å²) in [6.07, 6.45) is -1.33. The molecule has 0 bridgehead atoms. The van der Waals surface area contributed by atoms with Gasteiger partial charge in [-0.1, -0.05) is 36.4 Å². The lowest BCUT2D eigenvalue weighted by Crippen LogP contribution is -2.49. The number of nitrogens with zero attached hydrogens (tertiary/aromatic N) is 4. The van der Waals surface area contributed by atoms with E-state index in [1.807, 2.05) is 23.5 Å². The number of carbonyl (C=O) groups is 2. The highest BCUT2D eigenvalue weighted by Crippen LogP contribution is 2.18. The Hall–Kier alpha value is -4.54. The Morgan fingerprint density at radius 1 is 1.12 bits per heavy atom. The first-order valence-electron chi connectivity index (χ1n) is 13.7. The van der Waals surface area contributed by atoms with Crippen LogP contribution in [0.2, 0.25) is 0 Å². The number of ether oxygens (including phenoxy) is 1. The minimum absolute atomic E-state index is 0.0753. The fourth-order valence-corrected chi connectivity index (χ4v) is 5.59. The summed E-state index contributed by atoms with van der Waals surface area (Å²) in [6, 6.07) is 18.8. The Kier molecular flexibility index (Phi) is 11.0. The summed E-state index contributed by atoms with van der Waals surface area (Å²) in [7, 11) is 0. The van der Waals surface area contributed by atoms with Crippen molar-refractivity contribution >= 4 is 40.6 Å². The minimum Gasteiger partial charge on any atom is -0.484 e. The number of hydrogen-bond donors (Lipinski definition) is 2. The molecule has 0 unspecified atom stereocenters. The van der Waals surface area contributed by atoms with E-state index in [1.54, 1.807) is 42.2 Å². The van der Waals surface area contributed by atoms with E-state index >= 15 is 0 Å².